The van der Waals surface area contributed by atoms with Crippen LogP contribution in [0.1, 0.15) is 63.1 Å². The van der Waals surface area contributed by atoms with Gasteiger partial charge in [-0.1, -0.05) is 87.5 Å². The second-order valence-electron chi connectivity index (χ2n) is 14.2. The number of allylic oxidation sites excluding steroid dienone is 1. The number of hydrogen-bond donors (Lipinski definition) is 0. The van der Waals surface area contributed by atoms with Crippen molar-refractivity contribution in [2.75, 3.05) is 19.1 Å². The summed E-state index contributed by atoms with van der Waals surface area (Å²) in [6, 6.07) is 26.7. The van der Waals surface area contributed by atoms with Crippen molar-refractivity contribution in [1.82, 2.24) is 0 Å². The molecular weight excluding hydrogens is 579 g/mol. The number of esters is 2. The third kappa shape index (κ3) is 4.65. The topological polar surface area (TPSA) is 65.1 Å². The Bertz CT molecular complexity index is 1560. The summed E-state index contributed by atoms with van der Waals surface area (Å²) in [4.78, 5) is 30.8. The summed E-state index contributed by atoms with van der Waals surface area (Å²) in [7, 11) is 0.659. The monoisotopic (exact) mass is 625 g/mol. The Balaban J connectivity index is 1.77. The normalized spacial score (nSPS) is 23.6. The molecule has 6 nitrogen and oxygen atoms in total. The number of hydrogen-bond acceptors (Lipinski definition) is 6. The van der Waals surface area contributed by atoms with E-state index in [0.717, 1.165) is 28.1 Å². The minimum absolute atomic E-state index is 0.0589. The molecule has 3 aromatic rings. The van der Waals surface area contributed by atoms with Crippen LogP contribution in [-0.4, -0.2) is 40.0 Å². The summed E-state index contributed by atoms with van der Waals surface area (Å²) in [6.07, 6.45) is 2.68. The number of carbonyl (C=O) groups is 2. The second-order valence-corrected chi connectivity index (χ2v) is 18.9. The van der Waals surface area contributed by atoms with Crippen molar-refractivity contribution in [2.45, 2.75) is 82.1 Å². The number of nitrogens with zero attached hydrogens (tertiary/aromatic N) is 1. The molecule has 0 amide bonds. The SMILES string of the molecule is C=CC[C@]12c3ccccc3N(Cc3ccccc3)[C@@]1(C)C(C(=O)OC)(C(=O)OC)C[C@H]2c1ccc(O[Si](C)(C)C(C)(C)C)cc1. The minimum Gasteiger partial charge on any atom is -0.544 e. The fourth-order valence-electron chi connectivity index (χ4n) is 7.95. The van der Waals surface area contributed by atoms with Gasteiger partial charge in [0.2, 0.25) is 8.32 Å². The maximum Gasteiger partial charge on any atom is 0.325 e. The first-order valence-electron chi connectivity index (χ1n) is 15.7. The Kier molecular flexibility index (Phi) is 8.32. The van der Waals surface area contributed by atoms with Crippen LogP contribution >= 0.6 is 0 Å². The number of benzene rings is 3. The largest absolute Gasteiger partial charge is 0.544 e. The standard InChI is InChI=1S/C38H47NO5Si/c1-10-24-37-30-18-14-15-19-32(30)39(26-27-16-12-11-13-17-27)36(37,5)38(33(40)42-6,34(41)43-7)25-31(37)28-20-22-29(23-21-28)44-45(8,9)35(2,3)4/h10-23,31H,1,24-26H2,2-9H3/t31-,36+,37+/m0/s1. The summed E-state index contributed by atoms with van der Waals surface area (Å²) >= 11 is 0. The highest BCUT2D eigenvalue weighted by Crippen LogP contribution is 2.73. The zero-order valence-electron chi connectivity index (χ0n) is 28.0. The lowest BCUT2D eigenvalue weighted by molar-refractivity contribution is -0.174. The Morgan fingerprint density at radius 2 is 1.51 bits per heavy atom. The minimum atomic E-state index is -2.05. The fraction of sp³-hybridized carbons (Fsp3) is 0.421. The molecule has 7 heteroatoms. The van der Waals surface area contributed by atoms with Crippen LogP contribution in [-0.2, 0) is 31.0 Å². The number of rotatable bonds is 9. The van der Waals surface area contributed by atoms with Crippen molar-refractivity contribution in [2.24, 2.45) is 5.41 Å². The van der Waals surface area contributed by atoms with E-state index >= 15 is 0 Å². The molecule has 1 heterocycles. The Morgan fingerprint density at radius 3 is 2.07 bits per heavy atom. The predicted molar refractivity (Wildman–Crippen MR) is 182 cm³/mol. The van der Waals surface area contributed by atoms with Gasteiger partial charge in [-0.25, -0.2) is 0 Å². The molecule has 2 aliphatic rings. The molecule has 1 aliphatic heterocycles. The molecule has 3 atom stereocenters. The third-order valence-corrected chi connectivity index (χ3v) is 15.6. The molecule has 45 heavy (non-hydrogen) atoms. The van der Waals surface area contributed by atoms with Gasteiger partial charge in [-0.3, -0.25) is 9.59 Å². The van der Waals surface area contributed by atoms with Gasteiger partial charge < -0.3 is 18.8 Å². The van der Waals surface area contributed by atoms with Gasteiger partial charge in [0, 0.05) is 17.6 Å². The lowest BCUT2D eigenvalue weighted by Crippen LogP contribution is -2.67. The zero-order valence-corrected chi connectivity index (χ0v) is 29.0. The molecule has 3 aromatic carbocycles. The van der Waals surface area contributed by atoms with Gasteiger partial charge in [-0.05, 0) is 78.7 Å². The van der Waals surface area contributed by atoms with Crippen LogP contribution in [0.4, 0.5) is 5.69 Å². The molecule has 1 fully saturated rings. The first-order chi connectivity index (χ1) is 21.2. The number of para-hydroxylation sites is 1. The van der Waals surface area contributed by atoms with Crippen LogP contribution in [0.3, 0.4) is 0 Å². The van der Waals surface area contributed by atoms with Gasteiger partial charge in [0.05, 0.1) is 19.8 Å². The molecule has 5 rings (SSSR count). The van der Waals surface area contributed by atoms with E-state index in [4.69, 9.17) is 13.9 Å². The fourth-order valence-corrected chi connectivity index (χ4v) is 8.98. The molecule has 238 valence electrons. The molecule has 1 saturated carbocycles. The molecule has 0 unspecified atom stereocenters. The van der Waals surface area contributed by atoms with Crippen LogP contribution in [0.25, 0.3) is 0 Å². The first kappa shape index (κ1) is 32.5. The summed E-state index contributed by atoms with van der Waals surface area (Å²) < 4.78 is 17.7. The van der Waals surface area contributed by atoms with E-state index in [2.05, 4.69) is 88.7 Å². The highest BCUT2D eigenvalue weighted by molar-refractivity contribution is 6.74. The van der Waals surface area contributed by atoms with Gasteiger partial charge in [0.25, 0.3) is 0 Å². The van der Waals surface area contributed by atoms with E-state index < -0.39 is 36.6 Å². The van der Waals surface area contributed by atoms with Crippen molar-refractivity contribution >= 4 is 25.9 Å². The van der Waals surface area contributed by atoms with Crippen LogP contribution < -0.4 is 9.33 Å². The van der Waals surface area contributed by atoms with Gasteiger partial charge in [-0.2, -0.15) is 0 Å². The smallest absolute Gasteiger partial charge is 0.325 e. The number of fused-ring (bicyclic) bond motifs is 3. The zero-order chi connectivity index (χ0) is 32.8. The highest BCUT2D eigenvalue weighted by atomic mass is 28.4. The Morgan fingerprint density at radius 1 is 0.933 bits per heavy atom. The lowest BCUT2D eigenvalue weighted by Gasteiger charge is -2.51. The molecule has 0 bridgehead atoms. The second kappa shape index (κ2) is 11.5. The van der Waals surface area contributed by atoms with Crippen molar-refractivity contribution < 1.29 is 23.5 Å². The number of carbonyl (C=O) groups excluding carboxylic acids is 2. The molecule has 1 aliphatic carbocycles. The summed E-state index contributed by atoms with van der Waals surface area (Å²) in [6.45, 7) is 17.9. The Labute approximate surface area is 269 Å². The van der Waals surface area contributed by atoms with E-state index in [1.807, 2.05) is 48.5 Å². The van der Waals surface area contributed by atoms with E-state index in [9.17, 15) is 9.59 Å². The van der Waals surface area contributed by atoms with Gasteiger partial charge in [-0.15, -0.1) is 6.58 Å². The van der Waals surface area contributed by atoms with Crippen LogP contribution in [0.2, 0.25) is 18.1 Å². The van der Waals surface area contributed by atoms with E-state index in [-0.39, 0.29) is 17.4 Å². The maximum absolute atomic E-state index is 14.3. The number of methoxy groups -OCH3 is 2. The highest BCUT2D eigenvalue weighted by Gasteiger charge is 2.81. The maximum atomic E-state index is 14.3. The van der Waals surface area contributed by atoms with Gasteiger partial charge in [0.15, 0.2) is 5.41 Å². The summed E-state index contributed by atoms with van der Waals surface area (Å²) in [5, 5.41) is 0.0589. The van der Waals surface area contributed by atoms with Crippen molar-refractivity contribution in [3.05, 3.63) is 108 Å². The van der Waals surface area contributed by atoms with E-state index in [0.29, 0.717) is 13.0 Å². The van der Waals surface area contributed by atoms with Crippen LogP contribution in [0.5, 0.6) is 5.75 Å². The molecule has 0 N–H and O–H groups in total. The first-order valence-corrected chi connectivity index (χ1v) is 18.6. The average Bonchev–Trinajstić information content (AvgIpc) is 3.38. The van der Waals surface area contributed by atoms with Crippen LogP contribution in [0, 0.1) is 5.41 Å². The molecule has 0 radical (unpaired) electrons. The average molecular weight is 626 g/mol. The van der Waals surface area contributed by atoms with Gasteiger partial charge in [0.1, 0.15) is 5.75 Å². The van der Waals surface area contributed by atoms with Crippen molar-refractivity contribution in [3.63, 3.8) is 0 Å². The number of ether oxygens (including phenoxy) is 2. The number of anilines is 1. The summed E-state index contributed by atoms with van der Waals surface area (Å²) in [5.74, 6) is -0.593. The van der Waals surface area contributed by atoms with E-state index in [1.54, 1.807) is 0 Å². The summed E-state index contributed by atoms with van der Waals surface area (Å²) in [5.41, 5.74) is 0.752. The quantitative estimate of drug-likeness (QED) is 0.103. The molecule has 0 aromatic heterocycles. The lowest BCUT2D eigenvalue weighted by atomic mass is 9.58. The molecule has 0 spiro atoms. The predicted octanol–water partition coefficient (Wildman–Crippen LogP) is 8.18. The molecule has 0 saturated heterocycles. The Hall–Kier alpha value is -3.84. The molecular formula is C38H47NO5Si. The van der Waals surface area contributed by atoms with Gasteiger partial charge >= 0.3 is 11.9 Å². The van der Waals surface area contributed by atoms with Crippen molar-refractivity contribution in [3.8, 4) is 5.75 Å². The van der Waals surface area contributed by atoms with Crippen LogP contribution in [0.15, 0.2) is 91.5 Å². The van der Waals surface area contributed by atoms with E-state index in [1.165, 1.54) is 14.2 Å². The third-order valence-electron chi connectivity index (χ3n) is 11.2. The van der Waals surface area contributed by atoms with Crippen molar-refractivity contribution in [1.29, 1.82) is 0 Å².